The van der Waals surface area contributed by atoms with Crippen LogP contribution >= 0.6 is 0 Å². The Morgan fingerprint density at radius 2 is 1.96 bits per heavy atom. The molecule has 2 aromatic rings. The lowest BCUT2D eigenvalue weighted by molar-refractivity contribution is 0.340. The Kier molecular flexibility index (Phi) is 5.71. The molecule has 0 saturated carbocycles. The number of aromatic nitrogens is 1. The maximum Gasteiger partial charge on any atom is 0.281 e. The monoisotopic (exact) mass is 351 g/mol. The first kappa shape index (κ1) is 18.7. The van der Waals surface area contributed by atoms with Crippen LogP contribution in [-0.2, 0) is 6.54 Å². The van der Waals surface area contributed by atoms with E-state index in [1.165, 1.54) is 13.0 Å². The molecule has 8 heteroatoms. The first-order valence-electron chi connectivity index (χ1n) is 7.93. The third-order valence-corrected chi connectivity index (χ3v) is 3.74. The van der Waals surface area contributed by atoms with Crippen LogP contribution in [0.25, 0.3) is 0 Å². The van der Waals surface area contributed by atoms with Crippen LogP contribution in [0.5, 0.6) is 11.6 Å². The molecule has 0 amide bonds. The van der Waals surface area contributed by atoms with Crippen molar-refractivity contribution in [3.8, 4) is 23.8 Å². The van der Waals surface area contributed by atoms with Gasteiger partial charge in [-0.2, -0.15) is 10.5 Å². The topological polar surface area (TPSA) is 124 Å². The Balaban J connectivity index is 2.58. The van der Waals surface area contributed by atoms with Gasteiger partial charge in [0.05, 0.1) is 12.2 Å². The molecule has 8 nitrogen and oxygen atoms in total. The third-order valence-electron chi connectivity index (χ3n) is 3.74. The third kappa shape index (κ3) is 3.40. The van der Waals surface area contributed by atoms with E-state index in [2.05, 4.69) is 10.2 Å². The number of benzene rings is 1. The molecule has 0 aliphatic heterocycles. The van der Waals surface area contributed by atoms with Crippen LogP contribution in [0.2, 0.25) is 0 Å². The summed E-state index contributed by atoms with van der Waals surface area (Å²) in [5, 5.41) is 36.5. The molecule has 0 bridgehead atoms. The minimum atomic E-state index is -0.560. The molecule has 26 heavy (non-hydrogen) atoms. The molecule has 1 aromatic heterocycles. The van der Waals surface area contributed by atoms with E-state index in [-0.39, 0.29) is 34.6 Å². The van der Waals surface area contributed by atoms with Gasteiger partial charge in [0.2, 0.25) is 5.88 Å². The molecule has 2 rings (SSSR count). The fourth-order valence-corrected chi connectivity index (χ4v) is 2.40. The summed E-state index contributed by atoms with van der Waals surface area (Å²) in [5.74, 6) is 0.138. The van der Waals surface area contributed by atoms with Gasteiger partial charge in [0, 0.05) is 18.2 Å². The number of pyridine rings is 1. The van der Waals surface area contributed by atoms with Crippen LogP contribution in [0.1, 0.15) is 30.5 Å². The molecule has 0 radical (unpaired) electrons. The summed E-state index contributed by atoms with van der Waals surface area (Å²) >= 11 is 0. The molecule has 1 aromatic carbocycles. The molecule has 0 saturated heterocycles. The van der Waals surface area contributed by atoms with E-state index in [0.717, 1.165) is 4.57 Å². The number of rotatable bonds is 5. The Hall–Kier alpha value is -3.65. The smallest absolute Gasteiger partial charge is 0.281 e. The van der Waals surface area contributed by atoms with Crippen LogP contribution in [0, 0.1) is 29.6 Å². The highest BCUT2D eigenvalue weighted by Gasteiger charge is 2.18. The minimum Gasteiger partial charge on any atom is -0.494 e. The van der Waals surface area contributed by atoms with Crippen molar-refractivity contribution in [3.63, 3.8) is 0 Å². The highest BCUT2D eigenvalue weighted by molar-refractivity contribution is 5.58. The zero-order valence-corrected chi connectivity index (χ0v) is 14.6. The van der Waals surface area contributed by atoms with E-state index in [0.29, 0.717) is 12.4 Å². The van der Waals surface area contributed by atoms with Crippen molar-refractivity contribution in [2.45, 2.75) is 27.3 Å². The van der Waals surface area contributed by atoms with Gasteiger partial charge < -0.3 is 9.84 Å². The molecule has 0 aliphatic carbocycles. The normalized spacial score (nSPS) is 10.5. The lowest BCUT2D eigenvalue weighted by Gasteiger charge is -2.10. The standard InChI is InChI=1S/C18H17N5O3/c1-4-23-17(24)14(10-20)11(3)16(18(23)25)22-21-15-7-6-13(26-5-2)8-12(15)9-19/h6-8,24H,4-5H2,1-3H3. The van der Waals surface area contributed by atoms with Gasteiger partial charge >= 0.3 is 0 Å². The van der Waals surface area contributed by atoms with Gasteiger partial charge in [-0.15, -0.1) is 10.2 Å². The number of hydrogen-bond acceptors (Lipinski definition) is 7. The van der Waals surface area contributed by atoms with Crippen molar-refractivity contribution < 1.29 is 9.84 Å². The molecule has 0 atom stereocenters. The molecule has 1 N–H and O–H groups in total. The van der Waals surface area contributed by atoms with Crippen LogP contribution in [0.15, 0.2) is 33.2 Å². The number of ether oxygens (including phenoxy) is 1. The van der Waals surface area contributed by atoms with Crippen LogP contribution in [0.4, 0.5) is 11.4 Å². The second-order valence-corrected chi connectivity index (χ2v) is 5.26. The number of nitrogens with zero attached hydrogens (tertiary/aromatic N) is 5. The van der Waals surface area contributed by atoms with E-state index < -0.39 is 11.4 Å². The summed E-state index contributed by atoms with van der Waals surface area (Å²) in [6.45, 7) is 5.65. The Morgan fingerprint density at radius 3 is 2.54 bits per heavy atom. The predicted molar refractivity (Wildman–Crippen MR) is 94.0 cm³/mol. The molecule has 0 fully saturated rings. The molecule has 0 unspecified atom stereocenters. The van der Waals surface area contributed by atoms with Crippen molar-refractivity contribution in [3.05, 3.63) is 45.2 Å². The largest absolute Gasteiger partial charge is 0.494 e. The van der Waals surface area contributed by atoms with Crippen molar-refractivity contribution in [1.82, 2.24) is 4.57 Å². The highest BCUT2D eigenvalue weighted by atomic mass is 16.5. The summed E-state index contributed by atoms with van der Waals surface area (Å²) in [5.41, 5.74) is 0.0889. The zero-order chi connectivity index (χ0) is 19.3. The Labute approximate surface area is 150 Å². The lowest BCUT2D eigenvalue weighted by atomic mass is 10.1. The number of azo groups is 1. The zero-order valence-electron chi connectivity index (χ0n) is 14.6. The van der Waals surface area contributed by atoms with Gasteiger partial charge in [-0.3, -0.25) is 9.36 Å². The number of hydrogen-bond donors (Lipinski definition) is 1. The van der Waals surface area contributed by atoms with Gasteiger partial charge in [-0.05, 0) is 32.9 Å². The maximum absolute atomic E-state index is 12.5. The van der Waals surface area contributed by atoms with E-state index in [9.17, 15) is 20.4 Å². The van der Waals surface area contributed by atoms with Gasteiger partial charge in [0.25, 0.3) is 5.56 Å². The Morgan fingerprint density at radius 1 is 1.23 bits per heavy atom. The van der Waals surface area contributed by atoms with E-state index in [4.69, 9.17) is 4.74 Å². The fraction of sp³-hybridized carbons (Fsp3) is 0.278. The maximum atomic E-state index is 12.5. The van der Waals surface area contributed by atoms with Crippen LogP contribution < -0.4 is 10.3 Å². The molecule has 1 heterocycles. The average Bonchev–Trinajstić information content (AvgIpc) is 2.63. The molecule has 0 spiro atoms. The van der Waals surface area contributed by atoms with E-state index in [1.807, 2.05) is 19.1 Å². The molecule has 0 aliphatic rings. The summed E-state index contributed by atoms with van der Waals surface area (Å²) in [4.78, 5) is 12.5. The Bertz CT molecular complexity index is 1010. The van der Waals surface area contributed by atoms with Gasteiger partial charge in [0.1, 0.15) is 29.1 Å². The summed E-state index contributed by atoms with van der Waals surface area (Å²) in [6, 6.07) is 8.61. The van der Waals surface area contributed by atoms with E-state index in [1.54, 1.807) is 19.1 Å². The van der Waals surface area contributed by atoms with Crippen molar-refractivity contribution in [1.29, 1.82) is 10.5 Å². The number of aromatic hydroxyl groups is 1. The van der Waals surface area contributed by atoms with Crippen molar-refractivity contribution in [2.24, 2.45) is 10.2 Å². The van der Waals surface area contributed by atoms with Gasteiger partial charge in [0.15, 0.2) is 5.69 Å². The lowest BCUT2D eigenvalue weighted by Crippen LogP contribution is -2.20. The molecular weight excluding hydrogens is 334 g/mol. The van der Waals surface area contributed by atoms with Gasteiger partial charge in [-0.1, -0.05) is 0 Å². The first-order chi connectivity index (χ1) is 12.5. The second-order valence-electron chi connectivity index (χ2n) is 5.26. The van der Waals surface area contributed by atoms with Gasteiger partial charge in [-0.25, -0.2) is 0 Å². The number of nitriles is 2. The summed E-state index contributed by atoms with van der Waals surface area (Å²) < 4.78 is 6.38. The first-order valence-corrected chi connectivity index (χ1v) is 7.93. The predicted octanol–water partition coefficient (Wildman–Crippen LogP) is 3.44. The summed E-state index contributed by atoms with van der Waals surface area (Å²) in [7, 11) is 0. The summed E-state index contributed by atoms with van der Waals surface area (Å²) in [6.07, 6.45) is 0. The minimum absolute atomic E-state index is 0.0346. The second kappa shape index (κ2) is 7.95. The average molecular weight is 351 g/mol. The molecule has 132 valence electrons. The van der Waals surface area contributed by atoms with Crippen molar-refractivity contribution >= 4 is 11.4 Å². The fourth-order valence-electron chi connectivity index (χ4n) is 2.40. The van der Waals surface area contributed by atoms with Crippen molar-refractivity contribution in [2.75, 3.05) is 6.61 Å². The van der Waals surface area contributed by atoms with Crippen LogP contribution in [-0.4, -0.2) is 16.3 Å². The SMILES string of the molecule is CCOc1ccc(N=Nc2c(C)c(C#N)c(O)n(CC)c2=O)c(C#N)c1. The quantitative estimate of drug-likeness (QED) is 0.826. The highest BCUT2D eigenvalue weighted by Crippen LogP contribution is 2.29. The van der Waals surface area contributed by atoms with E-state index >= 15 is 0 Å². The van der Waals surface area contributed by atoms with Crippen LogP contribution in [0.3, 0.4) is 0 Å². The molecular formula is C18H17N5O3.